The summed E-state index contributed by atoms with van der Waals surface area (Å²) in [6.07, 6.45) is 4.76. The molecule has 4 rings (SSSR count). The minimum Gasteiger partial charge on any atom is -0.450 e. The predicted molar refractivity (Wildman–Crippen MR) is 95.3 cm³/mol. The number of rotatable bonds is 3. The number of anilines is 1. The molecule has 134 valence electrons. The number of aromatic nitrogens is 5. The fourth-order valence-corrected chi connectivity index (χ4v) is 3.05. The highest BCUT2D eigenvalue weighted by Crippen LogP contribution is 2.25. The summed E-state index contributed by atoms with van der Waals surface area (Å²) in [5.41, 5.74) is 0.710. The molecule has 1 amide bonds. The summed E-state index contributed by atoms with van der Waals surface area (Å²) in [5, 5.41) is 5.29. The number of carbonyl (C=O) groups excluding carboxylic acids is 1. The maximum atomic E-state index is 11.9. The Morgan fingerprint density at radius 3 is 2.73 bits per heavy atom. The first-order valence-corrected chi connectivity index (χ1v) is 8.54. The first-order chi connectivity index (χ1) is 12.8. The molecule has 0 aromatic carbocycles. The molecule has 1 aliphatic heterocycles. The van der Waals surface area contributed by atoms with Gasteiger partial charge in [-0.25, -0.2) is 19.7 Å². The van der Waals surface area contributed by atoms with Gasteiger partial charge in [0.05, 0.1) is 18.2 Å². The summed E-state index contributed by atoms with van der Waals surface area (Å²) >= 11 is 0. The van der Waals surface area contributed by atoms with E-state index < -0.39 is 0 Å². The van der Waals surface area contributed by atoms with Crippen LogP contribution in [0.1, 0.15) is 6.92 Å². The van der Waals surface area contributed by atoms with Crippen LogP contribution in [0.2, 0.25) is 0 Å². The number of ether oxygens (including phenoxy) is 1. The lowest BCUT2D eigenvalue weighted by molar-refractivity contribution is 0.105. The van der Waals surface area contributed by atoms with E-state index in [1.54, 1.807) is 22.0 Å². The number of hydrogen-bond donors (Lipinski definition) is 0. The first kappa shape index (κ1) is 16.2. The van der Waals surface area contributed by atoms with Gasteiger partial charge in [0.25, 0.3) is 0 Å². The zero-order chi connectivity index (χ0) is 17.9. The third kappa shape index (κ3) is 2.92. The highest BCUT2D eigenvalue weighted by atomic mass is 16.6. The maximum absolute atomic E-state index is 11.9. The number of amides is 1. The number of carbonyl (C=O) groups is 1. The second-order valence-electron chi connectivity index (χ2n) is 5.85. The molecule has 26 heavy (non-hydrogen) atoms. The van der Waals surface area contributed by atoms with Gasteiger partial charge in [-0.15, -0.1) is 0 Å². The Balaban J connectivity index is 1.59. The molecule has 0 atom stereocenters. The molecule has 9 heteroatoms. The molecule has 4 heterocycles. The second-order valence-corrected chi connectivity index (χ2v) is 5.85. The normalized spacial score (nSPS) is 14.7. The van der Waals surface area contributed by atoms with Crippen LogP contribution in [-0.2, 0) is 4.74 Å². The molecular formula is C17H19N7O2. The number of piperazine rings is 1. The van der Waals surface area contributed by atoms with Crippen molar-refractivity contribution in [3.8, 4) is 5.82 Å². The lowest BCUT2D eigenvalue weighted by atomic mass is 10.3. The summed E-state index contributed by atoms with van der Waals surface area (Å²) in [5.74, 6) is 1.53. The monoisotopic (exact) mass is 353 g/mol. The molecule has 0 saturated carbocycles. The fourth-order valence-electron chi connectivity index (χ4n) is 3.05. The topological polar surface area (TPSA) is 89.3 Å². The van der Waals surface area contributed by atoms with Crippen molar-refractivity contribution in [2.24, 2.45) is 0 Å². The fraction of sp³-hybridized carbons (Fsp3) is 0.353. The zero-order valence-electron chi connectivity index (χ0n) is 14.4. The summed E-state index contributed by atoms with van der Waals surface area (Å²) in [7, 11) is 0. The van der Waals surface area contributed by atoms with Crippen molar-refractivity contribution in [3.63, 3.8) is 0 Å². The van der Waals surface area contributed by atoms with Crippen molar-refractivity contribution in [2.45, 2.75) is 6.92 Å². The van der Waals surface area contributed by atoms with Crippen molar-refractivity contribution < 1.29 is 9.53 Å². The van der Waals surface area contributed by atoms with Gasteiger partial charge in [0.15, 0.2) is 11.5 Å². The van der Waals surface area contributed by atoms with Crippen LogP contribution in [0.3, 0.4) is 0 Å². The third-order valence-electron chi connectivity index (χ3n) is 4.32. The van der Waals surface area contributed by atoms with Crippen LogP contribution in [0.4, 0.5) is 10.6 Å². The molecule has 1 fully saturated rings. The molecule has 3 aromatic rings. The van der Waals surface area contributed by atoms with Gasteiger partial charge in [-0.1, -0.05) is 6.07 Å². The van der Waals surface area contributed by atoms with E-state index in [1.165, 1.54) is 6.33 Å². The van der Waals surface area contributed by atoms with Crippen LogP contribution in [-0.4, -0.2) is 68.5 Å². The standard InChI is InChI=1S/C17H19N7O2/c1-2-26-17(25)23-9-7-22(8-10-23)15-13-11-21-24(16(13)20-12-19-15)14-5-3-4-6-18-14/h3-6,11-12H,2,7-10H2,1H3. The highest BCUT2D eigenvalue weighted by molar-refractivity contribution is 5.87. The van der Waals surface area contributed by atoms with Gasteiger partial charge < -0.3 is 14.5 Å². The van der Waals surface area contributed by atoms with Gasteiger partial charge in [-0.2, -0.15) is 9.78 Å². The summed E-state index contributed by atoms with van der Waals surface area (Å²) in [6, 6.07) is 5.65. The van der Waals surface area contributed by atoms with E-state index in [1.807, 2.05) is 25.1 Å². The Labute approximate surface area is 150 Å². The lowest BCUT2D eigenvalue weighted by Gasteiger charge is -2.34. The molecule has 3 aromatic heterocycles. The number of nitrogens with zero attached hydrogens (tertiary/aromatic N) is 7. The van der Waals surface area contributed by atoms with Crippen molar-refractivity contribution in [3.05, 3.63) is 36.9 Å². The Morgan fingerprint density at radius 1 is 1.15 bits per heavy atom. The van der Waals surface area contributed by atoms with Crippen LogP contribution < -0.4 is 4.90 Å². The largest absolute Gasteiger partial charge is 0.450 e. The van der Waals surface area contributed by atoms with Crippen molar-refractivity contribution in [2.75, 3.05) is 37.7 Å². The van der Waals surface area contributed by atoms with E-state index >= 15 is 0 Å². The summed E-state index contributed by atoms with van der Waals surface area (Å²) < 4.78 is 6.77. The van der Waals surface area contributed by atoms with E-state index in [9.17, 15) is 4.79 Å². The van der Waals surface area contributed by atoms with Crippen molar-refractivity contribution in [1.82, 2.24) is 29.6 Å². The Bertz CT molecular complexity index is 904. The van der Waals surface area contributed by atoms with Crippen molar-refractivity contribution >= 4 is 22.9 Å². The average molecular weight is 353 g/mol. The Hall–Kier alpha value is -3.23. The third-order valence-corrected chi connectivity index (χ3v) is 4.32. The van der Waals surface area contributed by atoms with E-state index in [0.717, 1.165) is 11.2 Å². The van der Waals surface area contributed by atoms with Gasteiger partial charge in [0, 0.05) is 32.4 Å². The molecule has 0 aliphatic carbocycles. The quantitative estimate of drug-likeness (QED) is 0.705. The minimum absolute atomic E-state index is 0.261. The molecule has 0 N–H and O–H groups in total. The molecule has 1 saturated heterocycles. The van der Waals surface area contributed by atoms with Crippen molar-refractivity contribution in [1.29, 1.82) is 0 Å². The summed E-state index contributed by atoms with van der Waals surface area (Å²) in [4.78, 5) is 28.9. The molecule has 0 spiro atoms. The molecule has 0 unspecified atom stereocenters. The molecule has 0 radical (unpaired) electrons. The van der Waals surface area contributed by atoms with E-state index in [4.69, 9.17) is 4.74 Å². The first-order valence-electron chi connectivity index (χ1n) is 8.54. The van der Waals surface area contributed by atoms with E-state index in [-0.39, 0.29) is 6.09 Å². The Kier molecular flexibility index (Phi) is 4.34. The zero-order valence-corrected chi connectivity index (χ0v) is 14.4. The van der Waals surface area contributed by atoms with Crippen LogP contribution >= 0.6 is 0 Å². The van der Waals surface area contributed by atoms with Gasteiger partial charge in [-0.3, -0.25) is 0 Å². The second kappa shape index (κ2) is 6.95. The molecule has 0 bridgehead atoms. The minimum atomic E-state index is -0.261. The van der Waals surface area contributed by atoms with Crippen LogP contribution in [0, 0.1) is 0 Å². The van der Waals surface area contributed by atoms with E-state index in [2.05, 4.69) is 25.0 Å². The molecular weight excluding hydrogens is 334 g/mol. The van der Waals surface area contributed by atoms with Gasteiger partial charge in [0.2, 0.25) is 0 Å². The number of pyridine rings is 1. The van der Waals surface area contributed by atoms with Gasteiger partial charge >= 0.3 is 6.09 Å². The highest BCUT2D eigenvalue weighted by Gasteiger charge is 2.24. The predicted octanol–water partition coefficient (Wildman–Crippen LogP) is 1.49. The number of hydrogen-bond acceptors (Lipinski definition) is 7. The smallest absolute Gasteiger partial charge is 0.409 e. The average Bonchev–Trinajstić information content (AvgIpc) is 3.13. The SMILES string of the molecule is CCOC(=O)N1CCN(c2ncnc3c2cnn3-c2ccccn2)CC1. The Morgan fingerprint density at radius 2 is 2.00 bits per heavy atom. The van der Waals surface area contributed by atoms with Gasteiger partial charge in [0.1, 0.15) is 12.1 Å². The van der Waals surface area contributed by atoms with Crippen LogP contribution in [0.25, 0.3) is 16.9 Å². The number of fused-ring (bicyclic) bond motifs is 1. The van der Waals surface area contributed by atoms with E-state index in [0.29, 0.717) is 44.3 Å². The molecule has 1 aliphatic rings. The van der Waals surface area contributed by atoms with Crippen LogP contribution in [0.5, 0.6) is 0 Å². The maximum Gasteiger partial charge on any atom is 0.409 e. The lowest BCUT2D eigenvalue weighted by Crippen LogP contribution is -2.49. The van der Waals surface area contributed by atoms with Gasteiger partial charge in [-0.05, 0) is 19.1 Å². The summed E-state index contributed by atoms with van der Waals surface area (Å²) in [6.45, 7) is 4.75. The van der Waals surface area contributed by atoms with Crippen LogP contribution in [0.15, 0.2) is 36.9 Å². The molecule has 9 nitrogen and oxygen atoms in total.